The second-order valence-electron chi connectivity index (χ2n) is 8.41. The first kappa shape index (κ1) is 23.0. The number of halogens is 1. The summed E-state index contributed by atoms with van der Waals surface area (Å²) >= 11 is 0. The maximum Gasteiger partial charge on any atom is 0.254 e. The Balaban J connectivity index is 1.51. The van der Waals surface area contributed by atoms with Crippen LogP contribution in [0.5, 0.6) is 0 Å². The van der Waals surface area contributed by atoms with Crippen LogP contribution in [0.3, 0.4) is 0 Å². The topological polar surface area (TPSA) is 117 Å². The molecule has 4 atom stereocenters. The fourth-order valence-corrected chi connectivity index (χ4v) is 4.33. The zero-order chi connectivity index (χ0) is 22.5. The number of amides is 2. The molecule has 0 aliphatic carbocycles. The third-order valence-electron chi connectivity index (χ3n) is 6.28. The molecule has 1 aromatic carbocycles. The van der Waals surface area contributed by atoms with Crippen LogP contribution in [-0.4, -0.2) is 71.9 Å². The number of aliphatic hydroxyl groups is 2. The van der Waals surface area contributed by atoms with Crippen molar-refractivity contribution < 1.29 is 24.2 Å². The quantitative estimate of drug-likeness (QED) is 0.607. The highest BCUT2D eigenvalue weighted by molar-refractivity contribution is 5.90. The Hall–Kier alpha value is -2.70. The summed E-state index contributed by atoms with van der Waals surface area (Å²) in [5, 5.41) is 32.1. The molecule has 31 heavy (non-hydrogen) atoms. The molecule has 1 aromatic rings. The summed E-state index contributed by atoms with van der Waals surface area (Å²) in [6.45, 7) is 4.68. The van der Waals surface area contributed by atoms with E-state index in [-0.39, 0.29) is 11.8 Å². The number of likely N-dealkylation sites (tertiary alicyclic amines) is 1. The third kappa shape index (κ3) is 5.32. The van der Waals surface area contributed by atoms with Gasteiger partial charge in [-0.05, 0) is 49.3 Å². The van der Waals surface area contributed by atoms with Crippen LogP contribution in [0.4, 0.5) is 10.1 Å². The van der Waals surface area contributed by atoms with E-state index in [0.29, 0.717) is 44.0 Å². The molecular weight excluding hydrogens is 403 g/mol. The molecule has 8 nitrogen and oxygen atoms in total. The Bertz CT molecular complexity index is 852. The Morgan fingerprint density at radius 2 is 1.97 bits per heavy atom. The van der Waals surface area contributed by atoms with Crippen molar-refractivity contribution in [2.75, 3.05) is 37.6 Å². The molecular formula is C22H29FN4O4. The molecule has 2 heterocycles. The highest BCUT2D eigenvalue weighted by Gasteiger charge is 2.35. The minimum absolute atomic E-state index is 0.129. The van der Waals surface area contributed by atoms with Crippen molar-refractivity contribution in [3.05, 3.63) is 29.6 Å². The number of hydrogen-bond acceptors (Lipinski definition) is 6. The lowest BCUT2D eigenvalue weighted by Gasteiger charge is -2.38. The van der Waals surface area contributed by atoms with Gasteiger partial charge in [-0.1, -0.05) is 6.92 Å². The van der Waals surface area contributed by atoms with E-state index >= 15 is 0 Å². The van der Waals surface area contributed by atoms with Gasteiger partial charge < -0.3 is 25.3 Å². The second kappa shape index (κ2) is 10.1. The van der Waals surface area contributed by atoms with E-state index in [4.69, 9.17) is 0 Å². The standard InChI is InChI=1S/C22H29FN4O4/c1-14-13-27(18-5-4-17(23)10-16(18)11-24)9-6-15(14)12-25-21(30)19(28)20(29)22(31)26-7-2-3-8-26/h4-5,10,14-15,19-20,28-29H,2-3,6-9,12-13H2,1H3,(H,25,30)/t14-,15?,19-,20-/m1/s1. The van der Waals surface area contributed by atoms with Crippen LogP contribution in [0, 0.1) is 29.0 Å². The van der Waals surface area contributed by atoms with Gasteiger partial charge in [0.2, 0.25) is 0 Å². The van der Waals surface area contributed by atoms with E-state index in [0.717, 1.165) is 19.3 Å². The minimum atomic E-state index is -1.80. The van der Waals surface area contributed by atoms with Gasteiger partial charge in [0.05, 0.1) is 11.3 Å². The van der Waals surface area contributed by atoms with Crippen molar-refractivity contribution in [2.45, 2.75) is 38.4 Å². The van der Waals surface area contributed by atoms with Crippen LogP contribution in [0.2, 0.25) is 0 Å². The molecule has 9 heteroatoms. The van der Waals surface area contributed by atoms with E-state index in [1.165, 1.54) is 17.0 Å². The summed E-state index contributed by atoms with van der Waals surface area (Å²) in [6, 6.07) is 6.20. The van der Waals surface area contributed by atoms with Gasteiger partial charge in [0, 0.05) is 32.7 Å². The molecule has 0 bridgehead atoms. The molecule has 3 N–H and O–H groups in total. The molecule has 168 valence electrons. The maximum absolute atomic E-state index is 13.4. The number of rotatable bonds is 6. The first-order chi connectivity index (χ1) is 14.8. The molecule has 3 rings (SSSR count). The molecule has 2 aliphatic rings. The molecule has 1 unspecified atom stereocenters. The fraction of sp³-hybridized carbons (Fsp3) is 0.591. The highest BCUT2D eigenvalue weighted by Crippen LogP contribution is 2.29. The van der Waals surface area contributed by atoms with Crippen molar-refractivity contribution in [1.29, 1.82) is 5.26 Å². The Labute approximate surface area is 181 Å². The lowest BCUT2D eigenvalue weighted by atomic mass is 9.86. The van der Waals surface area contributed by atoms with Crippen molar-refractivity contribution in [3.8, 4) is 6.07 Å². The lowest BCUT2D eigenvalue weighted by Crippen LogP contribution is -2.51. The smallest absolute Gasteiger partial charge is 0.254 e. The van der Waals surface area contributed by atoms with Crippen LogP contribution in [0.15, 0.2) is 18.2 Å². The number of hydrogen-bond donors (Lipinski definition) is 3. The number of benzene rings is 1. The summed E-state index contributed by atoms with van der Waals surface area (Å²) in [7, 11) is 0. The van der Waals surface area contributed by atoms with E-state index in [2.05, 4.69) is 5.32 Å². The average molecular weight is 432 g/mol. The summed E-state index contributed by atoms with van der Waals surface area (Å²) in [5.41, 5.74) is 0.982. The molecule has 2 amide bonds. The van der Waals surface area contributed by atoms with E-state index < -0.39 is 29.8 Å². The second-order valence-corrected chi connectivity index (χ2v) is 8.41. The number of nitriles is 1. The van der Waals surface area contributed by atoms with Crippen molar-refractivity contribution in [2.24, 2.45) is 11.8 Å². The number of nitrogens with zero attached hydrogens (tertiary/aromatic N) is 3. The van der Waals surface area contributed by atoms with Crippen LogP contribution < -0.4 is 10.2 Å². The first-order valence-corrected chi connectivity index (χ1v) is 10.7. The Morgan fingerprint density at radius 3 is 2.61 bits per heavy atom. The highest BCUT2D eigenvalue weighted by atomic mass is 19.1. The fourth-order valence-electron chi connectivity index (χ4n) is 4.33. The van der Waals surface area contributed by atoms with Crippen LogP contribution in [-0.2, 0) is 9.59 Å². The molecule has 2 aliphatic heterocycles. The van der Waals surface area contributed by atoms with Crippen molar-refractivity contribution in [3.63, 3.8) is 0 Å². The Morgan fingerprint density at radius 1 is 1.26 bits per heavy atom. The maximum atomic E-state index is 13.4. The van der Waals surface area contributed by atoms with Gasteiger partial charge in [-0.15, -0.1) is 0 Å². The number of carbonyl (C=O) groups excluding carboxylic acids is 2. The summed E-state index contributed by atoms with van der Waals surface area (Å²) in [5.74, 6) is -1.53. The zero-order valence-corrected chi connectivity index (χ0v) is 17.6. The number of nitrogens with one attached hydrogen (secondary N) is 1. The lowest BCUT2D eigenvalue weighted by molar-refractivity contribution is -0.152. The molecule has 2 saturated heterocycles. The van der Waals surface area contributed by atoms with Crippen molar-refractivity contribution in [1.82, 2.24) is 10.2 Å². The summed E-state index contributed by atoms with van der Waals surface area (Å²) in [4.78, 5) is 28.0. The Kier molecular flexibility index (Phi) is 7.46. The summed E-state index contributed by atoms with van der Waals surface area (Å²) in [6.07, 6.45) is -1.13. The SMILES string of the molecule is C[C@@H]1CN(c2ccc(F)cc2C#N)CCC1CNC(=O)[C@H](O)[C@@H](O)C(=O)N1CCCC1. The van der Waals surface area contributed by atoms with Gasteiger partial charge in [-0.25, -0.2) is 4.39 Å². The number of aliphatic hydroxyl groups excluding tert-OH is 2. The monoisotopic (exact) mass is 432 g/mol. The average Bonchev–Trinajstić information content (AvgIpc) is 3.31. The van der Waals surface area contributed by atoms with E-state index in [1.807, 2.05) is 17.9 Å². The van der Waals surface area contributed by atoms with Gasteiger partial charge in [-0.3, -0.25) is 9.59 Å². The predicted octanol–water partition coefficient (Wildman–Crippen LogP) is 0.620. The van der Waals surface area contributed by atoms with Gasteiger partial charge in [-0.2, -0.15) is 5.26 Å². The summed E-state index contributed by atoms with van der Waals surface area (Å²) < 4.78 is 13.4. The molecule has 2 fully saturated rings. The predicted molar refractivity (Wildman–Crippen MR) is 111 cm³/mol. The third-order valence-corrected chi connectivity index (χ3v) is 6.28. The zero-order valence-electron chi connectivity index (χ0n) is 17.6. The van der Waals surface area contributed by atoms with Crippen molar-refractivity contribution >= 4 is 17.5 Å². The van der Waals surface area contributed by atoms with Gasteiger partial charge >= 0.3 is 0 Å². The molecule has 0 spiro atoms. The first-order valence-electron chi connectivity index (χ1n) is 10.7. The molecule has 0 saturated carbocycles. The van der Waals surface area contributed by atoms with Gasteiger partial charge in [0.1, 0.15) is 11.9 Å². The van der Waals surface area contributed by atoms with Crippen LogP contribution >= 0.6 is 0 Å². The molecule has 0 radical (unpaired) electrons. The number of piperidine rings is 1. The minimum Gasteiger partial charge on any atom is -0.380 e. The van der Waals surface area contributed by atoms with Crippen LogP contribution in [0.1, 0.15) is 31.7 Å². The number of anilines is 1. The van der Waals surface area contributed by atoms with Gasteiger partial charge in [0.25, 0.3) is 11.8 Å². The van der Waals surface area contributed by atoms with E-state index in [9.17, 15) is 29.5 Å². The largest absolute Gasteiger partial charge is 0.380 e. The van der Waals surface area contributed by atoms with Crippen LogP contribution in [0.25, 0.3) is 0 Å². The van der Waals surface area contributed by atoms with Gasteiger partial charge in [0.15, 0.2) is 12.2 Å². The molecule has 0 aromatic heterocycles. The van der Waals surface area contributed by atoms with E-state index in [1.54, 1.807) is 6.07 Å². The number of carbonyl (C=O) groups is 2. The normalized spacial score (nSPS) is 23.2.